The van der Waals surface area contributed by atoms with Crippen LogP contribution in [0.25, 0.3) is 10.6 Å². The van der Waals surface area contributed by atoms with Crippen LogP contribution >= 0.6 is 11.3 Å². The summed E-state index contributed by atoms with van der Waals surface area (Å²) in [5, 5.41) is 0.896. The maximum absolute atomic E-state index is 6.05. The maximum Gasteiger partial charge on any atom is 0.194 e. The number of para-hydroxylation sites is 1. The molecule has 0 bridgehead atoms. The summed E-state index contributed by atoms with van der Waals surface area (Å²) in [6.45, 7) is 5.63. The van der Waals surface area contributed by atoms with E-state index >= 15 is 0 Å². The lowest BCUT2D eigenvalue weighted by Crippen LogP contribution is -2.06. The first-order chi connectivity index (χ1) is 12.8. The van der Waals surface area contributed by atoms with Crippen molar-refractivity contribution in [3.8, 4) is 16.3 Å². The van der Waals surface area contributed by atoms with Gasteiger partial charge >= 0.3 is 0 Å². The summed E-state index contributed by atoms with van der Waals surface area (Å²) in [5.41, 5.74) is 2.11. The van der Waals surface area contributed by atoms with Gasteiger partial charge in [-0.3, -0.25) is 0 Å². The molecule has 4 nitrogen and oxygen atoms in total. The molecule has 0 amide bonds. The highest BCUT2D eigenvalue weighted by atomic mass is 32.1. The van der Waals surface area contributed by atoms with Crippen molar-refractivity contribution < 1.29 is 14.2 Å². The second-order valence-corrected chi connectivity index (χ2v) is 6.64. The number of hydrogen-bond donors (Lipinski definition) is 0. The molecule has 0 spiro atoms. The molecular weight excluding hydrogens is 346 g/mol. The number of thiazole rings is 1. The van der Waals surface area contributed by atoms with Gasteiger partial charge in [0.05, 0.1) is 10.4 Å². The molecule has 0 radical (unpaired) electrons. The first kappa shape index (κ1) is 18.6. The minimum absolute atomic E-state index is 0.367. The van der Waals surface area contributed by atoms with Crippen molar-refractivity contribution in [3.63, 3.8) is 0 Å². The standard InChI is InChI=1S/C21H23NO3S/c1-3-23-21(24-4-2)19-14-22-20(26-19)17-12-8-9-13-18(17)25-15-16-10-6-5-7-11-16/h5-14,21H,3-4,15H2,1-2H3. The molecule has 0 aliphatic heterocycles. The Balaban J connectivity index is 1.79. The summed E-state index contributed by atoms with van der Waals surface area (Å²) in [7, 11) is 0. The maximum atomic E-state index is 6.05. The monoisotopic (exact) mass is 369 g/mol. The van der Waals surface area contributed by atoms with Gasteiger partial charge in [0.25, 0.3) is 0 Å². The Hall–Kier alpha value is -2.21. The molecule has 1 aromatic heterocycles. The fourth-order valence-corrected chi connectivity index (χ4v) is 3.48. The Bertz CT molecular complexity index is 798. The summed E-state index contributed by atoms with van der Waals surface area (Å²) >= 11 is 1.57. The molecule has 0 unspecified atom stereocenters. The van der Waals surface area contributed by atoms with Crippen LogP contribution in [0.15, 0.2) is 60.8 Å². The zero-order valence-electron chi connectivity index (χ0n) is 15.1. The molecule has 5 heteroatoms. The predicted molar refractivity (Wildman–Crippen MR) is 104 cm³/mol. The number of aromatic nitrogens is 1. The van der Waals surface area contributed by atoms with Gasteiger partial charge in [-0.1, -0.05) is 42.5 Å². The van der Waals surface area contributed by atoms with E-state index in [-0.39, 0.29) is 6.29 Å². The molecule has 0 fully saturated rings. The lowest BCUT2D eigenvalue weighted by atomic mass is 10.2. The third-order valence-corrected chi connectivity index (χ3v) is 4.80. The Kier molecular flexibility index (Phi) is 6.77. The SMILES string of the molecule is CCOC(OCC)c1cnc(-c2ccccc2OCc2ccccc2)s1. The van der Waals surface area contributed by atoms with Crippen LogP contribution in [0.5, 0.6) is 5.75 Å². The van der Waals surface area contributed by atoms with E-state index in [2.05, 4.69) is 17.1 Å². The number of benzene rings is 2. The van der Waals surface area contributed by atoms with E-state index in [9.17, 15) is 0 Å². The third kappa shape index (κ3) is 4.69. The first-order valence-electron chi connectivity index (χ1n) is 8.76. The Morgan fingerprint density at radius 3 is 2.35 bits per heavy atom. The van der Waals surface area contributed by atoms with E-state index in [1.807, 2.05) is 62.5 Å². The molecule has 0 aliphatic rings. The molecule has 0 saturated carbocycles. The van der Waals surface area contributed by atoms with Crippen LogP contribution in [0.1, 0.15) is 30.6 Å². The molecule has 2 aromatic carbocycles. The Morgan fingerprint density at radius 2 is 1.62 bits per heavy atom. The normalized spacial score (nSPS) is 11.0. The molecule has 0 N–H and O–H groups in total. The second-order valence-electron chi connectivity index (χ2n) is 5.58. The van der Waals surface area contributed by atoms with Crippen LogP contribution in [0.2, 0.25) is 0 Å². The number of rotatable bonds is 9. The minimum atomic E-state index is -0.367. The average Bonchev–Trinajstić information content (AvgIpc) is 3.17. The van der Waals surface area contributed by atoms with Gasteiger partial charge in [-0.05, 0) is 31.5 Å². The third-order valence-electron chi connectivity index (χ3n) is 3.75. The fourth-order valence-electron chi connectivity index (χ4n) is 2.54. The van der Waals surface area contributed by atoms with Gasteiger partial charge in [-0.15, -0.1) is 11.3 Å². The lowest BCUT2D eigenvalue weighted by Gasteiger charge is -2.14. The number of nitrogens with zero attached hydrogens (tertiary/aromatic N) is 1. The zero-order chi connectivity index (χ0) is 18.2. The van der Waals surface area contributed by atoms with Crippen LogP contribution in [0.3, 0.4) is 0 Å². The van der Waals surface area contributed by atoms with E-state index < -0.39 is 0 Å². The van der Waals surface area contributed by atoms with Crippen molar-refractivity contribution in [2.75, 3.05) is 13.2 Å². The lowest BCUT2D eigenvalue weighted by molar-refractivity contribution is -0.138. The van der Waals surface area contributed by atoms with Crippen molar-refractivity contribution >= 4 is 11.3 Å². The van der Waals surface area contributed by atoms with Crippen LogP contribution in [-0.4, -0.2) is 18.2 Å². The van der Waals surface area contributed by atoms with Gasteiger partial charge in [0.1, 0.15) is 17.4 Å². The molecular formula is C21H23NO3S. The molecule has 0 aliphatic carbocycles. The summed E-state index contributed by atoms with van der Waals surface area (Å²) in [6.07, 6.45) is 1.46. The van der Waals surface area contributed by atoms with E-state index in [0.29, 0.717) is 19.8 Å². The van der Waals surface area contributed by atoms with Crippen molar-refractivity contribution in [1.82, 2.24) is 4.98 Å². The average molecular weight is 369 g/mol. The highest BCUT2D eigenvalue weighted by Crippen LogP contribution is 2.36. The Morgan fingerprint density at radius 1 is 0.923 bits per heavy atom. The smallest absolute Gasteiger partial charge is 0.194 e. The predicted octanol–water partition coefficient (Wildman–Crippen LogP) is 5.46. The quantitative estimate of drug-likeness (QED) is 0.470. The largest absolute Gasteiger partial charge is 0.488 e. The molecule has 0 saturated heterocycles. The highest BCUT2D eigenvalue weighted by molar-refractivity contribution is 7.15. The topological polar surface area (TPSA) is 40.6 Å². The van der Waals surface area contributed by atoms with Gasteiger partial charge in [-0.25, -0.2) is 4.98 Å². The van der Waals surface area contributed by atoms with Crippen molar-refractivity contribution in [3.05, 3.63) is 71.2 Å². The van der Waals surface area contributed by atoms with Crippen LogP contribution in [0, 0.1) is 0 Å². The summed E-state index contributed by atoms with van der Waals surface area (Å²) in [5.74, 6) is 0.821. The molecule has 1 heterocycles. The summed E-state index contributed by atoms with van der Waals surface area (Å²) < 4.78 is 17.4. The molecule has 3 rings (SSSR count). The molecule has 3 aromatic rings. The Labute approximate surface area is 158 Å². The van der Waals surface area contributed by atoms with Gasteiger partial charge < -0.3 is 14.2 Å². The van der Waals surface area contributed by atoms with Gasteiger partial charge in [0.2, 0.25) is 0 Å². The van der Waals surface area contributed by atoms with Crippen LogP contribution in [-0.2, 0) is 16.1 Å². The van der Waals surface area contributed by atoms with Gasteiger partial charge in [0.15, 0.2) is 6.29 Å². The second kappa shape index (κ2) is 9.48. The van der Waals surface area contributed by atoms with Gasteiger partial charge in [-0.2, -0.15) is 0 Å². The summed E-state index contributed by atoms with van der Waals surface area (Å²) in [4.78, 5) is 5.53. The number of hydrogen-bond acceptors (Lipinski definition) is 5. The van der Waals surface area contributed by atoms with E-state index in [4.69, 9.17) is 14.2 Å². The minimum Gasteiger partial charge on any atom is -0.488 e. The highest BCUT2D eigenvalue weighted by Gasteiger charge is 2.17. The van der Waals surface area contributed by atoms with Crippen molar-refractivity contribution in [2.24, 2.45) is 0 Å². The van der Waals surface area contributed by atoms with E-state index in [1.54, 1.807) is 11.3 Å². The zero-order valence-corrected chi connectivity index (χ0v) is 15.9. The molecule has 136 valence electrons. The molecule has 0 atom stereocenters. The fraction of sp³-hybridized carbons (Fsp3) is 0.286. The van der Waals surface area contributed by atoms with Crippen LogP contribution in [0.4, 0.5) is 0 Å². The first-order valence-corrected chi connectivity index (χ1v) is 9.58. The van der Waals surface area contributed by atoms with E-state index in [0.717, 1.165) is 26.8 Å². The molecule has 26 heavy (non-hydrogen) atoms. The van der Waals surface area contributed by atoms with Crippen molar-refractivity contribution in [1.29, 1.82) is 0 Å². The van der Waals surface area contributed by atoms with E-state index in [1.165, 1.54) is 0 Å². The van der Waals surface area contributed by atoms with Crippen LogP contribution < -0.4 is 4.74 Å². The van der Waals surface area contributed by atoms with Crippen molar-refractivity contribution in [2.45, 2.75) is 26.7 Å². The number of ether oxygens (including phenoxy) is 3. The van der Waals surface area contributed by atoms with Gasteiger partial charge in [0, 0.05) is 19.4 Å². The summed E-state index contributed by atoms with van der Waals surface area (Å²) in [6, 6.07) is 18.1.